The van der Waals surface area contributed by atoms with Crippen LogP contribution in [0.2, 0.25) is 0 Å². The Kier molecular flexibility index (Phi) is 4.12. The minimum absolute atomic E-state index is 0.343. The molecule has 0 spiro atoms. The summed E-state index contributed by atoms with van der Waals surface area (Å²) in [4.78, 5) is 24.2. The third kappa shape index (κ3) is 3.10. The van der Waals surface area contributed by atoms with Crippen molar-refractivity contribution in [3.8, 4) is 0 Å². The summed E-state index contributed by atoms with van der Waals surface area (Å²) >= 11 is 0. The van der Waals surface area contributed by atoms with Gasteiger partial charge >= 0.3 is 12.0 Å². The Labute approximate surface area is 95.2 Å². The molecular formula is C10H19N3O3. The maximum absolute atomic E-state index is 11.7. The number of carbonyl (C=O) groups excluding carboxylic acids is 1. The van der Waals surface area contributed by atoms with Gasteiger partial charge in [0.15, 0.2) is 0 Å². The van der Waals surface area contributed by atoms with Crippen molar-refractivity contribution in [2.75, 3.05) is 20.6 Å². The van der Waals surface area contributed by atoms with E-state index in [1.807, 2.05) is 6.92 Å². The third-order valence-corrected chi connectivity index (χ3v) is 2.73. The molecule has 16 heavy (non-hydrogen) atoms. The third-order valence-electron chi connectivity index (χ3n) is 2.73. The predicted molar refractivity (Wildman–Crippen MR) is 58.7 cm³/mol. The SMILES string of the molecule is CC1CCN(C(=O)NN(C)C)C(C(=O)O)C1. The second-order valence-electron chi connectivity index (χ2n) is 4.49. The Bertz CT molecular complexity index is 280. The number of likely N-dealkylation sites (tertiary alicyclic amines) is 1. The van der Waals surface area contributed by atoms with Gasteiger partial charge in [0.05, 0.1) is 0 Å². The Morgan fingerprint density at radius 2 is 2.06 bits per heavy atom. The highest BCUT2D eigenvalue weighted by molar-refractivity contribution is 5.82. The molecule has 1 aliphatic heterocycles. The number of rotatable bonds is 2. The molecule has 6 heteroatoms. The second-order valence-corrected chi connectivity index (χ2v) is 4.49. The molecule has 1 heterocycles. The number of hydrogen-bond donors (Lipinski definition) is 2. The highest BCUT2D eigenvalue weighted by Crippen LogP contribution is 2.22. The molecule has 1 fully saturated rings. The molecule has 0 aromatic carbocycles. The first kappa shape index (κ1) is 12.8. The molecule has 0 bridgehead atoms. The highest BCUT2D eigenvalue weighted by Gasteiger charge is 2.34. The van der Waals surface area contributed by atoms with Gasteiger partial charge in [0.1, 0.15) is 6.04 Å². The number of amides is 2. The Morgan fingerprint density at radius 3 is 2.56 bits per heavy atom. The molecule has 0 aromatic heterocycles. The second kappa shape index (κ2) is 5.16. The van der Waals surface area contributed by atoms with Gasteiger partial charge in [-0.15, -0.1) is 0 Å². The van der Waals surface area contributed by atoms with Crippen LogP contribution in [0.3, 0.4) is 0 Å². The first-order chi connectivity index (χ1) is 7.41. The van der Waals surface area contributed by atoms with Crippen molar-refractivity contribution in [1.82, 2.24) is 15.3 Å². The summed E-state index contributed by atoms with van der Waals surface area (Å²) in [5.74, 6) is -0.579. The van der Waals surface area contributed by atoms with Crippen LogP contribution in [0.15, 0.2) is 0 Å². The first-order valence-corrected chi connectivity index (χ1v) is 5.39. The fraction of sp³-hybridized carbons (Fsp3) is 0.800. The monoisotopic (exact) mass is 229 g/mol. The van der Waals surface area contributed by atoms with Crippen LogP contribution < -0.4 is 5.43 Å². The molecule has 1 aliphatic rings. The summed E-state index contributed by atoms with van der Waals surface area (Å²) in [6.07, 6.45) is 1.38. The minimum atomic E-state index is -0.930. The zero-order valence-corrected chi connectivity index (χ0v) is 9.93. The van der Waals surface area contributed by atoms with Crippen LogP contribution in [0.5, 0.6) is 0 Å². The quantitative estimate of drug-likeness (QED) is 0.670. The van der Waals surface area contributed by atoms with E-state index in [2.05, 4.69) is 5.43 Å². The van der Waals surface area contributed by atoms with E-state index < -0.39 is 12.0 Å². The summed E-state index contributed by atoms with van der Waals surface area (Å²) < 4.78 is 0. The van der Waals surface area contributed by atoms with E-state index >= 15 is 0 Å². The molecule has 2 atom stereocenters. The van der Waals surface area contributed by atoms with Crippen LogP contribution in [-0.4, -0.2) is 53.7 Å². The van der Waals surface area contributed by atoms with Crippen molar-refractivity contribution in [3.05, 3.63) is 0 Å². The lowest BCUT2D eigenvalue weighted by Crippen LogP contribution is -2.55. The van der Waals surface area contributed by atoms with Gasteiger partial charge in [-0.3, -0.25) is 5.43 Å². The van der Waals surface area contributed by atoms with Gasteiger partial charge in [0.25, 0.3) is 0 Å². The number of hydrazine groups is 1. The lowest BCUT2D eigenvalue weighted by Gasteiger charge is -2.36. The van der Waals surface area contributed by atoms with E-state index in [0.29, 0.717) is 18.9 Å². The number of hydrogen-bond acceptors (Lipinski definition) is 3. The molecule has 1 rings (SSSR count). The van der Waals surface area contributed by atoms with E-state index in [-0.39, 0.29) is 6.03 Å². The fourth-order valence-corrected chi connectivity index (χ4v) is 1.87. The van der Waals surface area contributed by atoms with Crippen molar-refractivity contribution >= 4 is 12.0 Å². The molecule has 2 N–H and O–H groups in total. The maximum atomic E-state index is 11.7. The molecule has 0 aliphatic carbocycles. The highest BCUT2D eigenvalue weighted by atomic mass is 16.4. The van der Waals surface area contributed by atoms with Crippen LogP contribution in [0.1, 0.15) is 19.8 Å². The molecule has 0 radical (unpaired) electrons. The molecule has 0 saturated carbocycles. The molecule has 1 saturated heterocycles. The zero-order chi connectivity index (χ0) is 12.3. The maximum Gasteiger partial charge on any atom is 0.332 e. The fourth-order valence-electron chi connectivity index (χ4n) is 1.87. The van der Waals surface area contributed by atoms with E-state index in [0.717, 1.165) is 6.42 Å². The van der Waals surface area contributed by atoms with E-state index in [4.69, 9.17) is 5.11 Å². The van der Waals surface area contributed by atoms with Gasteiger partial charge in [0.2, 0.25) is 0 Å². The van der Waals surface area contributed by atoms with Gasteiger partial charge in [-0.25, -0.2) is 14.6 Å². The average molecular weight is 229 g/mol. The molecule has 6 nitrogen and oxygen atoms in total. The average Bonchev–Trinajstić information content (AvgIpc) is 2.16. The van der Waals surface area contributed by atoms with Crippen molar-refractivity contribution < 1.29 is 14.7 Å². The number of nitrogens with one attached hydrogen (secondary N) is 1. The normalized spacial score (nSPS) is 25.6. The topological polar surface area (TPSA) is 72.9 Å². The van der Waals surface area contributed by atoms with Gasteiger partial charge in [0, 0.05) is 20.6 Å². The number of urea groups is 1. The van der Waals surface area contributed by atoms with Gasteiger partial charge in [-0.2, -0.15) is 0 Å². The van der Waals surface area contributed by atoms with Crippen molar-refractivity contribution in [2.24, 2.45) is 5.92 Å². The number of carbonyl (C=O) groups is 2. The van der Waals surface area contributed by atoms with Crippen LogP contribution in [0, 0.1) is 5.92 Å². The van der Waals surface area contributed by atoms with Crippen LogP contribution in [0.4, 0.5) is 4.79 Å². The summed E-state index contributed by atoms with van der Waals surface area (Å²) in [6, 6.07) is -1.05. The zero-order valence-electron chi connectivity index (χ0n) is 9.93. The summed E-state index contributed by atoms with van der Waals surface area (Å²) in [5.41, 5.74) is 2.57. The first-order valence-electron chi connectivity index (χ1n) is 5.39. The molecule has 0 aromatic rings. The Morgan fingerprint density at radius 1 is 1.44 bits per heavy atom. The summed E-state index contributed by atoms with van der Waals surface area (Å²) in [5, 5.41) is 10.6. The Balaban J connectivity index is 2.69. The van der Waals surface area contributed by atoms with E-state index in [1.54, 1.807) is 14.1 Å². The number of nitrogens with zero attached hydrogens (tertiary/aromatic N) is 2. The largest absolute Gasteiger partial charge is 0.480 e. The smallest absolute Gasteiger partial charge is 0.332 e. The van der Waals surface area contributed by atoms with Gasteiger partial charge < -0.3 is 10.0 Å². The Hall–Kier alpha value is -1.30. The lowest BCUT2D eigenvalue weighted by atomic mass is 9.93. The van der Waals surface area contributed by atoms with Crippen molar-refractivity contribution in [2.45, 2.75) is 25.8 Å². The molecule has 2 unspecified atom stereocenters. The number of aliphatic carboxylic acids is 1. The summed E-state index contributed by atoms with van der Waals surface area (Å²) in [6.45, 7) is 2.51. The van der Waals surface area contributed by atoms with Crippen molar-refractivity contribution in [1.29, 1.82) is 0 Å². The molecular weight excluding hydrogens is 210 g/mol. The van der Waals surface area contributed by atoms with Crippen LogP contribution in [0.25, 0.3) is 0 Å². The minimum Gasteiger partial charge on any atom is -0.480 e. The van der Waals surface area contributed by atoms with Gasteiger partial charge in [-0.1, -0.05) is 6.92 Å². The molecule has 2 amide bonds. The predicted octanol–water partition coefficient (Wildman–Crippen LogP) is 0.358. The standard InChI is InChI=1S/C10H19N3O3/c1-7-4-5-13(8(6-7)9(14)15)10(16)11-12(2)3/h7-8H,4-6H2,1-3H3,(H,11,16)(H,14,15). The van der Waals surface area contributed by atoms with Crippen molar-refractivity contribution in [3.63, 3.8) is 0 Å². The van der Waals surface area contributed by atoms with Gasteiger partial charge in [-0.05, 0) is 18.8 Å². The summed E-state index contributed by atoms with van der Waals surface area (Å²) in [7, 11) is 3.39. The number of carboxylic acids is 1. The van der Waals surface area contributed by atoms with E-state index in [1.165, 1.54) is 9.91 Å². The van der Waals surface area contributed by atoms with Crippen LogP contribution >= 0.6 is 0 Å². The number of piperidine rings is 1. The number of carboxylic acid groups (broad SMARTS) is 1. The lowest BCUT2D eigenvalue weighted by molar-refractivity contribution is -0.144. The molecule has 92 valence electrons. The van der Waals surface area contributed by atoms with Crippen LogP contribution in [-0.2, 0) is 4.79 Å². The van der Waals surface area contributed by atoms with E-state index in [9.17, 15) is 9.59 Å².